The Morgan fingerprint density at radius 3 is 2.35 bits per heavy atom. The molecule has 3 aliphatic heterocycles. The molecular formula is C29H27N3O5. The molecule has 2 saturated heterocycles. The van der Waals surface area contributed by atoms with Crippen LogP contribution in [0.2, 0.25) is 0 Å². The molecule has 0 saturated carbocycles. The highest BCUT2D eigenvalue weighted by molar-refractivity contribution is 6.15. The normalized spacial score (nSPS) is 26.0. The Hall–Kier alpha value is -4.17. The number of rotatable bonds is 5. The van der Waals surface area contributed by atoms with Crippen LogP contribution in [0.3, 0.4) is 0 Å². The Morgan fingerprint density at radius 2 is 1.62 bits per heavy atom. The minimum Gasteiger partial charge on any atom is -0.504 e. The van der Waals surface area contributed by atoms with Gasteiger partial charge in [0.15, 0.2) is 11.5 Å². The van der Waals surface area contributed by atoms with Crippen LogP contribution < -0.4 is 10.6 Å². The Labute approximate surface area is 213 Å². The quantitative estimate of drug-likeness (QED) is 0.318. The fraction of sp³-hybridized carbons (Fsp3) is 0.276. The molecule has 3 heterocycles. The Bertz CT molecular complexity index is 1440. The van der Waals surface area contributed by atoms with Gasteiger partial charge in [0.2, 0.25) is 17.7 Å². The highest BCUT2D eigenvalue weighted by Crippen LogP contribution is 2.53. The van der Waals surface area contributed by atoms with E-state index in [2.05, 4.69) is 10.6 Å². The lowest BCUT2D eigenvalue weighted by molar-refractivity contribution is -0.143. The van der Waals surface area contributed by atoms with E-state index in [1.54, 1.807) is 6.07 Å². The summed E-state index contributed by atoms with van der Waals surface area (Å²) in [5.74, 6) is -3.21. The number of likely N-dealkylation sites (tertiary alicyclic amines) is 1. The molecular weight excluding hydrogens is 470 g/mol. The number of benzene rings is 3. The molecule has 8 heteroatoms. The van der Waals surface area contributed by atoms with E-state index < -0.39 is 23.4 Å². The molecule has 37 heavy (non-hydrogen) atoms. The average Bonchev–Trinajstić information content (AvgIpc) is 3.47. The van der Waals surface area contributed by atoms with Crippen molar-refractivity contribution in [1.82, 2.24) is 10.2 Å². The number of carbonyl (C=O) groups is 3. The van der Waals surface area contributed by atoms with Gasteiger partial charge in [-0.25, -0.2) is 0 Å². The maximum Gasteiger partial charge on any atom is 0.250 e. The number of hydrogen-bond acceptors (Lipinski definition) is 6. The zero-order valence-corrected chi connectivity index (χ0v) is 20.3. The summed E-state index contributed by atoms with van der Waals surface area (Å²) in [5.41, 5.74) is 2.47. The van der Waals surface area contributed by atoms with Gasteiger partial charge in [-0.15, -0.1) is 0 Å². The number of carbonyl (C=O) groups excluding carboxylic acids is 3. The van der Waals surface area contributed by atoms with Gasteiger partial charge in [-0.1, -0.05) is 55.5 Å². The first-order valence-electron chi connectivity index (χ1n) is 12.5. The van der Waals surface area contributed by atoms with Crippen LogP contribution >= 0.6 is 0 Å². The van der Waals surface area contributed by atoms with Crippen molar-refractivity contribution in [2.45, 2.75) is 37.9 Å². The SMILES string of the molecule is CCc1ccc2c(c1)[C@@]1(N[C@@H](Cc3ccc(O)c(O)c3)[C@H]3C(=O)N(Cc4ccccc4)C(=O)[C@@H]31)C(=O)N2. The Balaban J connectivity index is 1.46. The predicted molar refractivity (Wildman–Crippen MR) is 136 cm³/mol. The van der Waals surface area contributed by atoms with E-state index in [1.165, 1.54) is 17.0 Å². The van der Waals surface area contributed by atoms with Crippen molar-refractivity contribution >= 4 is 23.4 Å². The predicted octanol–water partition coefficient (Wildman–Crippen LogP) is 2.82. The number of phenols is 2. The molecule has 0 bridgehead atoms. The standard InChI is InChI=1S/C29H27N3O5/c1-2-16-8-10-20-19(12-16)29(28(37)30-20)25-24(21(31-29)13-18-9-11-22(33)23(34)14-18)26(35)32(27(25)36)15-17-6-4-3-5-7-17/h3-12,14,21,24-25,31,33-34H,2,13,15H2,1H3,(H,30,37)/t21-,24+,25+,29-/m0/s1. The van der Waals surface area contributed by atoms with Gasteiger partial charge in [0.25, 0.3) is 0 Å². The third-order valence-electron chi connectivity index (χ3n) is 7.96. The van der Waals surface area contributed by atoms with E-state index in [-0.39, 0.29) is 42.2 Å². The highest BCUT2D eigenvalue weighted by Gasteiger charge is 2.70. The van der Waals surface area contributed by atoms with Crippen LogP contribution in [0.5, 0.6) is 11.5 Å². The molecule has 0 unspecified atom stereocenters. The molecule has 3 aliphatic rings. The monoisotopic (exact) mass is 497 g/mol. The molecule has 3 amide bonds. The number of imide groups is 1. The summed E-state index contributed by atoms with van der Waals surface area (Å²) in [5, 5.41) is 26.1. The molecule has 8 nitrogen and oxygen atoms in total. The number of phenolic OH excluding ortho intramolecular Hbond substituents is 2. The maximum atomic E-state index is 14.0. The second-order valence-corrected chi connectivity index (χ2v) is 10.0. The summed E-state index contributed by atoms with van der Waals surface area (Å²) in [6.45, 7) is 2.16. The van der Waals surface area contributed by atoms with Gasteiger partial charge in [0.05, 0.1) is 18.4 Å². The van der Waals surface area contributed by atoms with Gasteiger partial charge >= 0.3 is 0 Å². The van der Waals surface area contributed by atoms with Gasteiger partial charge < -0.3 is 15.5 Å². The largest absolute Gasteiger partial charge is 0.504 e. The van der Waals surface area contributed by atoms with Gasteiger partial charge in [-0.3, -0.25) is 24.6 Å². The van der Waals surface area contributed by atoms with Crippen molar-refractivity contribution in [2.24, 2.45) is 11.8 Å². The lowest BCUT2D eigenvalue weighted by Gasteiger charge is -2.30. The Morgan fingerprint density at radius 1 is 0.865 bits per heavy atom. The minimum absolute atomic E-state index is 0.137. The zero-order valence-electron chi connectivity index (χ0n) is 20.3. The number of aryl methyl sites for hydroxylation is 1. The van der Waals surface area contributed by atoms with E-state index in [4.69, 9.17) is 0 Å². The van der Waals surface area contributed by atoms with Gasteiger partial charge in [0.1, 0.15) is 5.54 Å². The fourth-order valence-electron chi connectivity index (χ4n) is 6.18. The van der Waals surface area contributed by atoms with E-state index >= 15 is 0 Å². The van der Waals surface area contributed by atoms with Crippen LogP contribution in [0, 0.1) is 11.8 Å². The molecule has 3 aromatic carbocycles. The summed E-state index contributed by atoms with van der Waals surface area (Å²) in [7, 11) is 0. The van der Waals surface area contributed by atoms with Crippen molar-refractivity contribution in [2.75, 3.05) is 5.32 Å². The molecule has 6 rings (SSSR count). The van der Waals surface area contributed by atoms with E-state index in [0.29, 0.717) is 16.8 Å². The van der Waals surface area contributed by atoms with Crippen LogP contribution in [0.25, 0.3) is 0 Å². The average molecular weight is 498 g/mol. The van der Waals surface area contributed by atoms with Crippen molar-refractivity contribution in [1.29, 1.82) is 0 Å². The molecule has 0 aliphatic carbocycles. The smallest absolute Gasteiger partial charge is 0.250 e. The second kappa shape index (κ2) is 8.45. The topological polar surface area (TPSA) is 119 Å². The first-order valence-corrected chi connectivity index (χ1v) is 12.5. The number of nitrogens with zero attached hydrogens (tertiary/aromatic N) is 1. The third-order valence-corrected chi connectivity index (χ3v) is 7.96. The molecule has 3 aromatic rings. The van der Waals surface area contributed by atoms with Crippen molar-refractivity contribution in [3.63, 3.8) is 0 Å². The van der Waals surface area contributed by atoms with Gasteiger partial charge in [-0.05, 0) is 47.7 Å². The van der Waals surface area contributed by atoms with Crippen LogP contribution in [0.1, 0.15) is 29.2 Å². The van der Waals surface area contributed by atoms with Crippen molar-refractivity contribution in [3.05, 3.63) is 89.0 Å². The maximum absolute atomic E-state index is 14.0. The van der Waals surface area contributed by atoms with Crippen LogP contribution in [0.4, 0.5) is 5.69 Å². The van der Waals surface area contributed by atoms with Gasteiger partial charge in [-0.2, -0.15) is 0 Å². The second-order valence-electron chi connectivity index (χ2n) is 10.0. The summed E-state index contributed by atoms with van der Waals surface area (Å²) in [6, 6.07) is 19.0. The van der Waals surface area contributed by atoms with Crippen molar-refractivity contribution < 1.29 is 24.6 Å². The number of nitrogens with one attached hydrogen (secondary N) is 2. The first-order chi connectivity index (χ1) is 17.8. The molecule has 0 aromatic heterocycles. The van der Waals surface area contributed by atoms with Crippen LogP contribution in [0.15, 0.2) is 66.7 Å². The van der Waals surface area contributed by atoms with Crippen LogP contribution in [-0.2, 0) is 39.3 Å². The number of anilines is 1. The molecule has 1 spiro atoms. The minimum atomic E-state index is -1.38. The lowest BCUT2D eigenvalue weighted by atomic mass is 9.76. The zero-order chi connectivity index (χ0) is 25.9. The number of hydrogen-bond donors (Lipinski definition) is 4. The number of aromatic hydroxyl groups is 2. The van der Waals surface area contributed by atoms with Crippen molar-refractivity contribution in [3.8, 4) is 11.5 Å². The summed E-state index contributed by atoms with van der Waals surface area (Å²) in [6.07, 6.45) is 1.04. The summed E-state index contributed by atoms with van der Waals surface area (Å²) >= 11 is 0. The summed E-state index contributed by atoms with van der Waals surface area (Å²) < 4.78 is 0. The molecule has 2 fully saturated rings. The first kappa shape index (κ1) is 23.2. The summed E-state index contributed by atoms with van der Waals surface area (Å²) in [4.78, 5) is 42.8. The lowest BCUT2D eigenvalue weighted by Crippen LogP contribution is -2.53. The highest BCUT2D eigenvalue weighted by atomic mass is 16.3. The molecule has 4 atom stereocenters. The van der Waals surface area contributed by atoms with E-state index in [1.807, 2.05) is 55.5 Å². The fourth-order valence-corrected chi connectivity index (χ4v) is 6.18. The van der Waals surface area contributed by atoms with Crippen LogP contribution in [-0.4, -0.2) is 38.9 Å². The number of fused-ring (bicyclic) bond motifs is 4. The molecule has 0 radical (unpaired) electrons. The van der Waals surface area contributed by atoms with E-state index in [9.17, 15) is 24.6 Å². The van der Waals surface area contributed by atoms with Gasteiger partial charge in [0, 0.05) is 17.3 Å². The third kappa shape index (κ3) is 3.43. The molecule has 188 valence electrons. The Kier molecular flexibility index (Phi) is 5.31. The number of amides is 3. The molecule has 4 N–H and O–H groups in total. The van der Waals surface area contributed by atoms with E-state index in [0.717, 1.165) is 17.5 Å².